The monoisotopic (exact) mass is 270 g/mol. The molecule has 0 amide bonds. The fourth-order valence-electron chi connectivity index (χ4n) is 2.02. The largest absolute Gasteiger partial charge is 0.497 e. The van der Waals surface area contributed by atoms with E-state index in [4.69, 9.17) is 10.00 Å². The second kappa shape index (κ2) is 6.71. The van der Waals surface area contributed by atoms with Crippen molar-refractivity contribution < 1.29 is 4.74 Å². The molecule has 0 spiro atoms. The van der Waals surface area contributed by atoms with E-state index in [1.54, 1.807) is 7.11 Å². The molecule has 5 nitrogen and oxygen atoms in total. The van der Waals surface area contributed by atoms with E-state index in [0.717, 1.165) is 36.4 Å². The summed E-state index contributed by atoms with van der Waals surface area (Å²) in [4.78, 5) is 0. The summed E-state index contributed by atoms with van der Waals surface area (Å²) < 4.78 is 6.98. The van der Waals surface area contributed by atoms with Crippen LogP contribution >= 0.6 is 0 Å². The first kappa shape index (κ1) is 14.1. The molecule has 1 aromatic carbocycles. The van der Waals surface area contributed by atoms with Gasteiger partial charge in [-0.1, -0.05) is 30.7 Å². The molecule has 104 valence electrons. The van der Waals surface area contributed by atoms with Crippen molar-refractivity contribution in [3.63, 3.8) is 0 Å². The zero-order valence-corrected chi connectivity index (χ0v) is 11.8. The van der Waals surface area contributed by atoms with Crippen LogP contribution < -0.4 is 4.74 Å². The molecule has 0 unspecified atom stereocenters. The Kier molecular flexibility index (Phi) is 4.72. The highest BCUT2D eigenvalue weighted by Crippen LogP contribution is 2.16. The minimum Gasteiger partial charge on any atom is -0.497 e. The van der Waals surface area contributed by atoms with Gasteiger partial charge in [0.1, 0.15) is 11.8 Å². The molecule has 0 bridgehead atoms. The van der Waals surface area contributed by atoms with Gasteiger partial charge in [0.25, 0.3) is 0 Å². The summed E-state index contributed by atoms with van der Waals surface area (Å²) in [6, 6.07) is 9.95. The third-order valence-corrected chi connectivity index (χ3v) is 3.20. The van der Waals surface area contributed by atoms with E-state index in [1.165, 1.54) is 0 Å². The first-order chi connectivity index (χ1) is 9.78. The summed E-state index contributed by atoms with van der Waals surface area (Å²) in [7, 11) is 1.65. The molecule has 1 aromatic heterocycles. The van der Waals surface area contributed by atoms with Crippen molar-refractivity contribution in [3.05, 3.63) is 41.2 Å². The van der Waals surface area contributed by atoms with E-state index in [0.29, 0.717) is 12.1 Å². The number of rotatable bonds is 6. The Morgan fingerprint density at radius 2 is 2.05 bits per heavy atom. The van der Waals surface area contributed by atoms with Crippen LogP contribution in [0, 0.1) is 11.3 Å². The lowest BCUT2D eigenvalue weighted by atomic mass is 10.1. The highest BCUT2D eigenvalue weighted by atomic mass is 16.5. The maximum atomic E-state index is 9.13. The lowest BCUT2D eigenvalue weighted by Gasteiger charge is -2.07. The molecule has 0 radical (unpaired) electrons. The first-order valence-corrected chi connectivity index (χ1v) is 6.74. The molecule has 1 heterocycles. The third-order valence-electron chi connectivity index (χ3n) is 3.20. The Hall–Kier alpha value is -2.35. The van der Waals surface area contributed by atoms with Crippen LogP contribution in [0.4, 0.5) is 0 Å². The van der Waals surface area contributed by atoms with Crippen molar-refractivity contribution in [2.24, 2.45) is 0 Å². The predicted molar refractivity (Wildman–Crippen MR) is 75.4 cm³/mol. The average molecular weight is 270 g/mol. The number of benzene rings is 1. The Bertz CT molecular complexity index is 595. The van der Waals surface area contributed by atoms with Gasteiger partial charge in [0.05, 0.1) is 12.8 Å². The lowest BCUT2D eigenvalue weighted by Crippen LogP contribution is -2.06. The van der Waals surface area contributed by atoms with E-state index in [1.807, 2.05) is 28.9 Å². The van der Waals surface area contributed by atoms with Crippen molar-refractivity contribution in [2.75, 3.05) is 7.11 Å². The Morgan fingerprint density at radius 3 is 2.65 bits per heavy atom. The van der Waals surface area contributed by atoms with Gasteiger partial charge in [0, 0.05) is 13.0 Å². The standard InChI is InChI=1S/C15H18N4O/c1-3-4-9-19-15(14(11-16)17-18-19)10-12-5-7-13(20-2)8-6-12/h5-8H,3-4,9-10H2,1-2H3. The minimum atomic E-state index is 0.414. The SMILES string of the molecule is CCCCn1nnc(C#N)c1Cc1ccc(OC)cc1. The molecule has 0 saturated carbocycles. The number of ether oxygens (including phenoxy) is 1. The summed E-state index contributed by atoms with van der Waals surface area (Å²) in [6.07, 6.45) is 2.77. The summed E-state index contributed by atoms with van der Waals surface area (Å²) in [5, 5.41) is 17.1. The smallest absolute Gasteiger partial charge is 0.186 e. The summed E-state index contributed by atoms with van der Waals surface area (Å²) in [5.74, 6) is 0.826. The maximum Gasteiger partial charge on any atom is 0.186 e. The van der Waals surface area contributed by atoms with Gasteiger partial charge >= 0.3 is 0 Å². The number of hydrogen-bond acceptors (Lipinski definition) is 4. The van der Waals surface area contributed by atoms with Gasteiger partial charge in [0.15, 0.2) is 5.69 Å². The van der Waals surface area contributed by atoms with Gasteiger partial charge in [0.2, 0.25) is 0 Å². The van der Waals surface area contributed by atoms with E-state index < -0.39 is 0 Å². The Balaban J connectivity index is 2.22. The third kappa shape index (κ3) is 3.15. The van der Waals surface area contributed by atoms with Crippen molar-refractivity contribution in [3.8, 4) is 11.8 Å². The van der Waals surface area contributed by atoms with Gasteiger partial charge in [-0.25, -0.2) is 4.68 Å². The summed E-state index contributed by atoms with van der Waals surface area (Å²) in [6.45, 7) is 2.93. The van der Waals surface area contributed by atoms with Gasteiger partial charge in [-0.05, 0) is 24.1 Å². The Morgan fingerprint density at radius 1 is 1.30 bits per heavy atom. The second-order valence-electron chi connectivity index (χ2n) is 4.60. The number of nitrogens with zero attached hydrogens (tertiary/aromatic N) is 4. The molecule has 0 aliphatic carbocycles. The van der Waals surface area contributed by atoms with E-state index in [-0.39, 0.29) is 0 Å². The van der Waals surface area contributed by atoms with Crippen LogP contribution in [-0.4, -0.2) is 22.1 Å². The number of unbranched alkanes of at least 4 members (excludes halogenated alkanes) is 1. The molecular formula is C15H18N4O. The Labute approximate surface area is 118 Å². The fraction of sp³-hybridized carbons (Fsp3) is 0.400. The van der Waals surface area contributed by atoms with Crippen LogP contribution in [0.3, 0.4) is 0 Å². The molecule has 20 heavy (non-hydrogen) atoms. The fourth-order valence-corrected chi connectivity index (χ4v) is 2.02. The minimum absolute atomic E-state index is 0.414. The quantitative estimate of drug-likeness (QED) is 0.809. The highest BCUT2D eigenvalue weighted by molar-refractivity contribution is 5.33. The van der Waals surface area contributed by atoms with Crippen LogP contribution in [0.15, 0.2) is 24.3 Å². The molecule has 0 fully saturated rings. The molecule has 0 atom stereocenters. The number of hydrogen-bond donors (Lipinski definition) is 0. The first-order valence-electron chi connectivity index (χ1n) is 6.74. The normalized spacial score (nSPS) is 10.2. The van der Waals surface area contributed by atoms with Gasteiger partial charge < -0.3 is 4.74 Å². The van der Waals surface area contributed by atoms with Gasteiger partial charge in [-0.2, -0.15) is 5.26 Å². The molecule has 2 rings (SSSR count). The summed E-state index contributed by atoms with van der Waals surface area (Å²) in [5.41, 5.74) is 2.41. The lowest BCUT2D eigenvalue weighted by molar-refractivity contribution is 0.414. The number of aryl methyl sites for hydroxylation is 1. The van der Waals surface area contributed by atoms with Crippen molar-refractivity contribution in [2.45, 2.75) is 32.7 Å². The van der Waals surface area contributed by atoms with E-state index in [2.05, 4.69) is 23.3 Å². The molecular weight excluding hydrogens is 252 g/mol. The molecule has 0 aliphatic heterocycles. The summed E-state index contributed by atoms with van der Waals surface area (Å²) >= 11 is 0. The van der Waals surface area contributed by atoms with E-state index >= 15 is 0 Å². The van der Waals surface area contributed by atoms with Crippen LogP contribution in [0.1, 0.15) is 36.7 Å². The predicted octanol–water partition coefficient (Wildman–Crippen LogP) is 2.55. The molecule has 0 saturated heterocycles. The average Bonchev–Trinajstić information content (AvgIpc) is 2.88. The number of aromatic nitrogens is 3. The topological polar surface area (TPSA) is 63.7 Å². The van der Waals surface area contributed by atoms with Gasteiger partial charge in [-0.15, -0.1) is 5.10 Å². The van der Waals surface area contributed by atoms with Crippen molar-refractivity contribution >= 4 is 0 Å². The van der Waals surface area contributed by atoms with Crippen LogP contribution in [0.2, 0.25) is 0 Å². The molecule has 0 N–H and O–H groups in total. The van der Waals surface area contributed by atoms with Crippen LogP contribution in [0.5, 0.6) is 5.75 Å². The number of methoxy groups -OCH3 is 1. The molecule has 0 aliphatic rings. The van der Waals surface area contributed by atoms with Crippen molar-refractivity contribution in [1.29, 1.82) is 5.26 Å². The second-order valence-corrected chi connectivity index (χ2v) is 4.60. The highest BCUT2D eigenvalue weighted by Gasteiger charge is 2.12. The molecule has 2 aromatic rings. The van der Waals surface area contributed by atoms with Crippen molar-refractivity contribution in [1.82, 2.24) is 15.0 Å². The zero-order valence-electron chi connectivity index (χ0n) is 11.8. The number of nitriles is 1. The maximum absolute atomic E-state index is 9.13. The molecule has 5 heteroatoms. The van der Waals surface area contributed by atoms with Crippen LogP contribution in [-0.2, 0) is 13.0 Å². The van der Waals surface area contributed by atoms with Gasteiger partial charge in [-0.3, -0.25) is 0 Å². The van der Waals surface area contributed by atoms with Crippen LogP contribution in [0.25, 0.3) is 0 Å². The zero-order chi connectivity index (χ0) is 14.4. The van der Waals surface area contributed by atoms with E-state index in [9.17, 15) is 0 Å².